The number of aromatic nitrogens is 4. The highest BCUT2D eigenvalue weighted by atomic mass is 15.5. The fourth-order valence-corrected chi connectivity index (χ4v) is 1.25. The molecule has 1 saturated heterocycles. The third-order valence-corrected chi connectivity index (χ3v) is 1.90. The maximum Gasteiger partial charge on any atom is 0.290 e. The van der Waals surface area contributed by atoms with E-state index in [2.05, 4.69) is 30.5 Å². The van der Waals surface area contributed by atoms with Crippen LogP contribution in [0.4, 0.5) is 5.95 Å². The number of amidine groups is 1. The monoisotopic (exact) mass is 166 g/mol. The quantitative estimate of drug-likeness (QED) is 0.635. The van der Waals surface area contributed by atoms with E-state index in [0.717, 1.165) is 25.2 Å². The molecule has 1 fully saturated rings. The average molecular weight is 166 g/mol. The molecule has 1 N–H and O–H groups in total. The van der Waals surface area contributed by atoms with Crippen LogP contribution in [0.5, 0.6) is 0 Å². The van der Waals surface area contributed by atoms with E-state index in [0.29, 0.717) is 5.95 Å². The van der Waals surface area contributed by atoms with Gasteiger partial charge in [-0.2, -0.15) is 10.2 Å². The van der Waals surface area contributed by atoms with Crippen LogP contribution >= 0.6 is 0 Å². The molecule has 0 amide bonds. The van der Waals surface area contributed by atoms with Crippen LogP contribution in [0.1, 0.15) is 12.8 Å². The third-order valence-electron chi connectivity index (χ3n) is 1.90. The van der Waals surface area contributed by atoms with Crippen LogP contribution in [0.15, 0.2) is 4.99 Å². The molecular formula is C6H10N6. The van der Waals surface area contributed by atoms with E-state index in [4.69, 9.17) is 0 Å². The van der Waals surface area contributed by atoms with Gasteiger partial charge in [0.2, 0.25) is 0 Å². The van der Waals surface area contributed by atoms with Crippen LogP contribution in [0.25, 0.3) is 0 Å². The molecule has 2 rings (SSSR count). The summed E-state index contributed by atoms with van der Waals surface area (Å²) >= 11 is 0. The number of nitrogens with zero attached hydrogens (tertiary/aromatic N) is 5. The van der Waals surface area contributed by atoms with Crippen molar-refractivity contribution in [2.45, 2.75) is 12.8 Å². The Bertz CT molecular complexity index is 276. The molecule has 6 nitrogen and oxygen atoms in total. The molecule has 0 unspecified atom stereocenters. The van der Waals surface area contributed by atoms with E-state index in [1.54, 1.807) is 0 Å². The molecule has 0 atom stereocenters. The fourth-order valence-electron chi connectivity index (χ4n) is 1.25. The zero-order chi connectivity index (χ0) is 8.39. The highest BCUT2D eigenvalue weighted by Gasteiger charge is 2.14. The van der Waals surface area contributed by atoms with E-state index in [9.17, 15) is 0 Å². The Morgan fingerprint density at radius 2 is 2.50 bits per heavy atom. The lowest BCUT2D eigenvalue weighted by Gasteiger charge is -2.08. The minimum atomic E-state index is 0.416. The van der Waals surface area contributed by atoms with E-state index in [1.165, 1.54) is 0 Å². The van der Waals surface area contributed by atoms with Crippen LogP contribution in [0.3, 0.4) is 0 Å². The van der Waals surface area contributed by atoms with Crippen molar-refractivity contribution in [3.63, 3.8) is 0 Å². The second-order valence-corrected chi connectivity index (χ2v) is 2.76. The molecule has 1 aliphatic rings. The van der Waals surface area contributed by atoms with Gasteiger partial charge in [0.25, 0.3) is 5.95 Å². The summed E-state index contributed by atoms with van der Waals surface area (Å²) in [6.45, 7) is 1.07. The first-order chi connectivity index (χ1) is 5.86. The van der Waals surface area contributed by atoms with Gasteiger partial charge in [0.15, 0.2) is 0 Å². The second-order valence-electron chi connectivity index (χ2n) is 2.76. The van der Waals surface area contributed by atoms with Gasteiger partial charge in [-0.15, -0.1) is 5.10 Å². The number of hydrogen-bond donors (Lipinski definition) is 1. The van der Waals surface area contributed by atoms with Gasteiger partial charge in [-0.25, -0.2) is 0 Å². The number of rotatable bonds is 1. The molecule has 2 heterocycles. The van der Waals surface area contributed by atoms with E-state index in [-0.39, 0.29) is 0 Å². The summed E-state index contributed by atoms with van der Waals surface area (Å²) in [7, 11) is 2.02. The summed E-state index contributed by atoms with van der Waals surface area (Å²) in [4.78, 5) is 6.33. The van der Waals surface area contributed by atoms with E-state index >= 15 is 0 Å². The smallest absolute Gasteiger partial charge is 0.290 e. The number of tetrazole rings is 1. The average Bonchev–Trinajstić information content (AvgIpc) is 2.65. The molecule has 1 aromatic rings. The molecule has 64 valence electrons. The van der Waals surface area contributed by atoms with Gasteiger partial charge in [0.05, 0.1) is 0 Å². The minimum absolute atomic E-state index is 0.416. The number of H-pyrrole nitrogens is 1. The predicted molar refractivity (Wildman–Crippen MR) is 43.1 cm³/mol. The Morgan fingerprint density at radius 1 is 1.58 bits per heavy atom. The van der Waals surface area contributed by atoms with Crippen molar-refractivity contribution in [2.75, 3.05) is 13.6 Å². The third kappa shape index (κ3) is 1.27. The van der Waals surface area contributed by atoms with Gasteiger partial charge >= 0.3 is 0 Å². The molecule has 0 spiro atoms. The lowest BCUT2D eigenvalue weighted by molar-refractivity contribution is 0.549. The Morgan fingerprint density at radius 3 is 3.08 bits per heavy atom. The standard InChI is InChI=1S/C6H10N6/c1-12-4-2-3-5(12)7-6-8-10-11-9-6/h2-4H2,1H3,(H,8,9,10,11)/b7-5+. The fraction of sp³-hybridized carbons (Fsp3) is 0.667. The van der Waals surface area contributed by atoms with Crippen LogP contribution in [0.2, 0.25) is 0 Å². The molecule has 6 heteroatoms. The van der Waals surface area contributed by atoms with E-state index < -0.39 is 0 Å². The van der Waals surface area contributed by atoms with E-state index in [1.807, 2.05) is 7.05 Å². The Balaban J connectivity index is 2.18. The number of aromatic amines is 1. The molecule has 12 heavy (non-hydrogen) atoms. The summed E-state index contributed by atoms with van der Waals surface area (Å²) in [5, 5.41) is 13.3. The lowest BCUT2D eigenvalue weighted by Crippen LogP contribution is -2.18. The SMILES string of the molecule is CN1CCC/C1=N\c1nn[nH]n1. The molecule has 1 aromatic heterocycles. The Kier molecular flexibility index (Phi) is 1.73. The Labute approximate surface area is 69.7 Å². The summed E-state index contributed by atoms with van der Waals surface area (Å²) in [5.41, 5.74) is 0. The van der Waals surface area contributed by atoms with Crippen LogP contribution in [-0.2, 0) is 0 Å². The largest absolute Gasteiger partial charge is 0.363 e. The van der Waals surface area contributed by atoms with Gasteiger partial charge < -0.3 is 4.90 Å². The maximum absolute atomic E-state index is 4.23. The van der Waals surface area contributed by atoms with Crippen molar-refractivity contribution >= 4 is 11.8 Å². The number of likely N-dealkylation sites (tertiary alicyclic amines) is 1. The zero-order valence-corrected chi connectivity index (χ0v) is 6.86. The van der Waals surface area contributed by atoms with Gasteiger partial charge in [-0.1, -0.05) is 5.10 Å². The molecular weight excluding hydrogens is 156 g/mol. The van der Waals surface area contributed by atoms with Gasteiger partial charge in [-0.3, -0.25) is 0 Å². The highest BCUT2D eigenvalue weighted by Crippen LogP contribution is 2.11. The first-order valence-electron chi connectivity index (χ1n) is 3.88. The first-order valence-corrected chi connectivity index (χ1v) is 3.88. The Hall–Kier alpha value is -1.46. The molecule has 1 aliphatic heterocycles. The predicted octanol–water partition coefficient (Wildman–Crippen LogP) is -0.0447. The van der Waals surface area contributed by atoms with Crippen molar-refractivity contribution in [1.29, 1.82) is 0 Å². The molecule has 0 aromatic carbocycles. The second kappa shape index (κ2) is 2.88. The van der Waals surface area contributed by atoms with Crippen molar-refractivity contribution < 1.29 is 0 Å². The molecule has 0 radical (unpaired) electrons. The first kappa shape index (κ1) is 7.20. The summed E-state index contributed by atoms with van der Waals surface area (Å²) in [6.07, 6.45) is 2.16. The van der Waals surface area contributed by atoms with Gasteiger partial charge in [0, 0.05) is 20.0 Å². The van der Waals surface area contributed by atoms with Crippen molar-refractivity contribution in [3.05, 3.63) is 0 Å². The highest BCUT2D eigenvalue weighted by molar-refractivity contribution is 5.85. The zero-order valence-electron chi connectivity index (χ0n) is 6.86. The summed E-state index contributed by atoms with van der Waals surface area (Å²) in [6, 6.07) is 0. The van der Waals surface area contributed by atoms with Crippen molar-refractivity contribution in [2.24, 2.45) is 4.99 Å². The van der Waals surface area contributed by atoms with Gasteiger partial charge in [-0.05, 0) is 11.6 Å². The number of nitrogens with one attached hydrogen (secondary N) is 1. The normalized spacial score (nSPS) is 20.8. The van der Waals surface area contributed by atoms with Crippen molar-refractivity contribution in [1.82, 2.24) is 25.5 Å². The molecule has 0 bridgehead atoms. The maximum atomic E-state index is 4.23. The number of aliphatic imine (C=N–C) groups is 1. The summed E-state index contributed by atoms with van der Waals surface area (Å²) in [5.74, 6) is 1.45. The number of hydrogen-bond acceptors (Lipinski definition) is 4. The van der Waals surface area contributed by atoms with Crippen LogP contribution in [0, 0.1) is 0 Å². The van der Waals surface area contributed by atoms with Crippen molar-refractivity contribution in [3.8, 4) is 0 Å². The minimum Gasteiger partial charge on any atom is -0.363 e. The van der Waals surface area contributed by atoms with Crippen LogP contribution in [-0.4, -0.2) is 45.0 Å². The van der Waals surface area contributed by atoms with Gasteiger partial charge in [0.1, 0.15) is 5.84 Å². The van der Waals surface area contributed by atoms with Crippen LogP contribution < -0.4 is 0 Å². The summed E-state index contributed by atoms with van der Waals surface area (Å²) < 4.78 is 0. The lowest BCUT2D eigenvalue weighted by atomic mass is 10.4. The molecule has 0 saturated carbocycles. The molecule has 0 aliphatic carbocycles. The topological polar surface area (TPSA) is 70.1 Å².